The van der Waals surface area contributed by atoms with Crippen LogP contribution in [0, 0.1) is 5.92 Å². The molecule has 2 heterocycles. The first kappa shape index (κ1) is 13.9. The van der Waals surface area contributed by atoms with Crippen LogP contribution in [-0.2, 0) is 13.1 Å². The Labute approximate surface area is 121 Å². The maximum Gasteiger partial charge on any atom is 0.325 e. The second-order valence-corrected chi connectivity index (χ2v) is 5.91. The molecule has 1 fully saturated rings. The molecule has 2 unspecified atom stereocenters. The summed E-state index contributed by atoms with van der Waals surface area (Å²) in [5.74, 6) is 3.27. The van der Waals surface area contributed by atoms with Gasteiger partial charge in [-0.3, -0.25) is 14.7 Å². The Kier molecular flexibility index (Phi) is 3.55. The van der Waals surface area contributed by atoms with Crippen molar-refractivity contribution in [3.63, 3.8) is 0 Å². The van der Waals surface area contributed by atoms with Crippen molar-refractivity contribution in [2.45, 2.75) is 32.4 Å². The maximum atomic E-state index is 11.3. The number of rotatable bonds is 5. The summed E-state index contributed by atoms with van der Waals surface area (Å²) in [6.45, 7) is 3.34. The highest BCUT2D eigenvalue weighted by atomic mass is 16.3. The van der Waals surface area contributed by atoms with Gasteiger partial charge < -0.3 is 9.40 Å². The molecule has 112 valence electrons. The highest BCUT2D eigenvalue weighted by Gasteiger charge is 2.36. The third-order valence-electron chi connectivity index (χ3n) is 3.84. The van der Waals surface area contributed by atoms with Crippen LogP contribution < -0.4 is 11.2 Å². The second kappa shape index (κ2) is 5.37. The van der Waals surface area contributed by atoms with Gasteiger partial charge in [0.15, 0.2) is 0 Å². The van der Waals surface area contributed by atoms with Gasteiger partial charge in [-0.25, -0.2) is 4.79 Å². The van der Waals surface area contributed by atoms with Crippen molar-refractivity contribution in [3.8, 4) is 0 Å². The van der Waals surface area contributed by atoms with Crippen LogP contribution in [0.2, 0.25) is 0 Å². The van der Waals surface area contributed by atoms with Gasteiger partial charge in [0.25, 0.3) is 5.56 Å². The van der Waals surface area contributed by atoms with E-state index in [1.54, 1.807) is 0 Å². The standard InChI is InChI=1S/C15H19N3O3/c1-9-5-12(9)13-4-3-11(21-13)8-18(2)7-10-6-14(19)17-15(20)16-10/h3-4,6,9,12H,5,7-8H2,1-2H3,(H2,16,17,19,20). The lowest BCUT2D eigenvalue weighted by molar-refractivity contribution is 0.280. The molecule has 0 radical (unpaired) electrons. The van der Waals surface area contributed by atoms with E-state index in [2.05, 4.69) is 16.9 Å². The molecule has 0 amide bonds. The molecule has 1 aliphatic carbocycles. The van der Waals surface area contributed by atoms with Crippen LogP contribution in [0.3, 0.4) is 0 Å². The van der Waals surface area contributed by atoms with Crippen molar-refractivity contribution in [1.29, 1.82) is 0 Å². The summed E-state index contributed by atoms with van der Waals surface area (Å²) in [4.78, 5) is 29.2. The summed E-state index contributed by atoms with van der Waals surface area (Å²) < 4.78 is 5.85. The zero-order valence-corrected chi connectivity index (χ0v) is 12.2. The van der Waals surface area contributed by atoms with E-state index in [4.69, 9.17) is 4.42 Å². The van der Waals surface area contributed by atoms with Crippen molar-refractivity contribution in [1.82, 2.24) is 14.9 Å². The minimum atomic E-state index is -0.478. The van der Waals surface area contributed by atoms with Gasteiger partial charge in [-0.05, 0) is 31.5 Å². The molecule has 1 saturated carbocycles. The van der Waals surface area contributed by atoms with E-state index < -0.39 is 5.69 Å². The molecule has 2 atom stereocenters. The van der Waals surface area contributed by atoms with Gasteiger partial charge in [0, 0.05) is 24.2 Å². The van der Waals surface area contributed by atoms with E-state index in [1.165, 1.54) is 12.5 Å². The second-order valence-electron chi connectivity index (χ2n) is 5.91. The Balaban J connectivity index is 1.63. The summed E-state index contributed by atoms with van der Waals surface area (Å²) in [5.41, 5.74) is -0.270. The van der Waals surface area contributed by atoms with Gasteiger partial charge in [-0.15, -0.1) is 0 Å². The zero-order valence-electron chi connectivity index (χ0n) is 12.2. The van der Waals surface area contributed by atoms with Crippen LogP contribution in [0.1, 0.15) is 36.5 Å². The van der Waals surface area contributed by atoms with Crippen LogP contribution in [0.15, 0.2) is 32.2 Å². The summed E-state index contributed by atoms with van der Waals surface area (Å²) in [6.07, 6.45) is 1.21. The Morgan fingerprint density at radius 2 is 2.05 bits per heavy atom. The summed E-state index contributed by atoms with van der Waals surface area (Å²) in [7, 11) is 1.92. The van der Waals surface area contributed by atoms with Crippen molar-refractivity contribution in [3.05, 3.63) is 56.3 Å². The maximum absolute atomic E-state index is 11.3. The van der Waals surface area contributed by atoms with Gasteiger partial charge in [0.05, 0.1) is 6.54 Å². The van der Waals surface area contributed by atoms with E-state index in [1.807, 2.05) is 24.1 Å². The van der Waals surface area contributed by atoms with Crippen LogP contribution in [0.5, 0.6) is 0 Å². The number of nitrogens with zero attached hydrogens (tertiary/aromatic N) is 1. The van der Waals surface area contributed by atoms with Gasteiger partial charge in [0.1, 0.15) is 11.5 Å². The number of hydrogen-bond acceptors (Lipinski definition) is 4. The summed E-state index contributed by atoms with van der Waals surface area (Å²) >= 11 is 0. The molecule has 0 spiro atoms. The lowest BCUT2D eigenvalue weighted by atomic mass is 10.3. The molecular formula is C15H19N3O3. The van der Waals surface area contributed by atoms with Gasteiger partial charge >= 0.3 is 5.69 Å². The van der Waals surface area contributed by atoms with Crippen LogP contribution >= 0.6 is 0 Å². The molecule has 2 aromatic heterocycles. The fourth-order valence-electron chi connectivity index (χ4n) is 2.61. The SMILES string of the molecule is CC1CC1c1ccc(CN(C)Cc2cc(=O)[nH]c(=O)[nH]2)o1. The molecule has 0 aliphatic heterocycles. The van der Waals surface area contributed by atoms with E-state index >= 15 is 0 Å². The number of aromatic amines is 2. The molecule has 0 bridgehead atoms. The first-order valence-electron chi connectivity index (χ1n) is 7.11. The molecule has 2 aromatic rings. The smallest absolute Gasteiger partial charge is 0.325 e. The largest absolute Gasteiger partial charge is 0.464 e. The third-order valence-corrected chi connectivity index (χ3v) is 3.84. The minimum Gasteiger partial charge on any atom is -0.464 e. The Morgan fingerprint density at radius 3 is 2.71 bits per heavy atom. The number of hydrogen-bond donors (Lipinski definition) is 2. The van der Waals surface area contributed by atoms with Crippen LogP contribution in [0.25, 0.3) is 0 Å². The highest BCUT2D eigenvalue weighted by Crippen LogP contribution is 2.47. The molecular weight excluding hydrogens is 270 g/mol. The topological polar surface area (TPSA) is 82.1 Å². The fraction of sp³-hybridized carbons (Fsp3) is 0.467. The molecule has 3 rings (SSSR count). The van der Waals surface area contributed by atoms with Gasteiger partial charge in [-0.1, -0.05) is 6.92 Å². The molecule has 2 N–H and O–H groups in total. The van der Waals surface area contributed by atoms with Crippen molar-refractivity contribution >= 4 is 0 Å². The number of aromatic nitrogens is 2. The summed E-state index contributed by atoms with van der Waals surface area (Å²) in [6, 6.07) is 5.45. The van der Waals surface area contributed by atoms with E-state index in [0.29, 0.717) is 24.7 Å². The molecule has 1 aliphatic rings. The first-order valence-corrected chi connectivity index (χ1v) is 7.11. The number of nitrogens with one attached hydrogen (secondary N) is 2. The molecule has 21 heavy (non-hydrogen) atoms. The number of H-pyrrole nitrogens is 2. The van der Waals surface area contributed by atoms with Gasteiger partial charge in [0.2, 0.25) is 0 Å². The Morgan fingerprint density at radius 1 is 1.29 bits per heavy atom. The van der Waals surface area contributed by atoms with Gasteiger partial charge in [-0.2, -0.15) is 0 Å². The Hall–Kier alpha value is -2.08. The first-order chi connectivity index (χ1) is 10.0. The minimum absolute atomic E-state index is 0.384. The average molecular weight is 289 g/mol. The van der Waals surface area contributed by atoms with Crippen LogP contribution in [-0.4, -0.2) is 21.9 Å². The van der Waals surface area contributed by atoms with E-state index in [9.17, 15) is 9.59 Å². The fourth-order valence-corrected chi connectivity index (χ4v) is 2.61. The normalized spacial score (nSPS) is 20.9. The Bertz CT molecular complexity index is 715. The lowest BCUT2D eigenvalue weighted by Gasteiger charge is -2.14. The van der Waals surface area contributed by atoms with E-state index in [0.717, 1.165) is 17.4 Å². The molecule has 0 saturated heterocycles. The van der Waals surface area contributed by atoms with E-state index in [-0.39, 0.29) is 5.56 Å². The predicted molar refractivity (Wildman–Crippen MR) is 78.1 cm³/mol. The molecule has 6 nitrogen and oxygen atoms in total. The van der Waals surface area contributed by atoms with Crippen molar-refractivity contribution in [2.75, 3.05) is 7.05 Å². The van der Waals surface area contributed by atoms with Crippen LogP contribution in [0.4, 0.5) is 0 Å². The molecule has 6 heteroatoms. The predicted octanol–water partition coefficient (Wildman–Crippen LogP) is 1.41. The molecule has 0 aromatic carbocycles. The lowest BCUT2D eigenvalue weighted by Crippen LogP contribution is -2.26. The van der Waals surface area contributed by atoms with Crippen molar-refractivity contribution < 1.29 is 4.42 Å². The average Bonchev–Trinajstić information content (AvgIpc) is 2.93. The number of furan rings is 1. The third kappa shape index (κ3) is 3.33. The quantitative estimate of drug-likeness (QED) is 0.872. The summed E-state index contributed by atoms with van der Waals surface area (Å²) in [5, 5.41) is 0. The highest BCUT2D eigenvalue weighted by molar-refractivity contribution is 5.17. The zero-order chi connectivity index (χ0) is 15.0. The monoisotopic (exact) mass is 289 g/mol. The van der Waals surface area contributed by atoms with Crippen molar-refractivity contribution in [2.24, 2.45) is 5.92 Å².